The monoisotopic (exact) mass is 390 g/mol. The second-order valence-electron chi connectivity index (χ2n) is 7.52. The van der Waals surface area contributed by atoms with Gasteiger partial charge in [-0.25, -0.2) is 4.39 Å². The molecule has 1 unspecified atom stereocenters. The molecule has 1 atom stereocenters. The fraction of sp³-hybridized carbons (Fsp3) is 0.208. The number of rotatable bonds is 5. The predicted molar refractivity (Wildman–Crippen MR) is 113 cm³/mol. The van der Waals surface area contributed by atoms with Gasteiger partial charge in [0, 0.05) is 11.4 Å². The Hall–Kier alpha value is -3.34. The van der Waals surface area contributed by atoms with Crippen LogP contribution in [0.5, 0.6) is 5.75 Å². The molecule has 29 heavy (non-hydrogen) atoms. The van der Waals surface area contributed by atoms with Gasteiger partial charge < -0.3 is 10.1 Å². The number of halogens is 1. The zero-order valence-electron chi connectivity index (χ0n) is 16.4. The first-order valence-electron chi connectivity index (χ1n) is 9.70. The van der Waals surface area contributed by atoms with Crippen molar-refractivity contribution in [3.63, 3.8) is 0 Å². The summed E-state index contributed by atoms with van der Waals surface area (Å²) in [5.74, 6) is 0.766. The van der Waals surface area contributed by atoms with Crippen LogP contribution in [0.4, 0.5) is 15.8 Å². The number of nitrogens with zero attached hydrogens (tertiary/aromatic N) is 1. The Morgan fingerprint density at radius 3 is 2.38 bits per heavy atom. The van der Waals surface area contributed by atoms with E-state index in [1.165, 1.54) is 12.1 Å². The van der Waals surface area contributed by atoms with Gasteiger partial charge in [-0.1, -0.05) is 38.1 Å². The van der Waals surface area contributed by atoms with Crippen molar-refractivity contribution in [2.24, 2.45) is 5.92 Å². The summed E-state index contributed by atoms with van der Waals surface area (Å²) in [7, 11) is 0. The second kappa shape index (κ2) is 7.95. The molecule has 1 heterocycles. The van der Waals surface area contributed by atoms with Crippen LogP contribution in [-0.4, -0.2) is 12.5 Å². The van der Waals surface area contributed by atoms with Crippen LogP contribution in [0.3, 0.4) is 0 Å². The van der Waals surface area contributed by atoms with Crippen LogP contribution in [-0.2, 0) is 0 Å². The molecule has 0 aliphatic carbocycles. The van der Waals surface area contributed by atoms with Crippen molar-refractivity contribution in [1.82, 2.24) is 0 Å². The van der Waals surface area contributed by atoms with E-state index in [1.54, 1.807) is 23.1 Å². The van der Waals surface area contributed by atoms with Crippen molar-refractivity contribution in [3.05, 3.63) is 89.7 Å². The van der Waals surface area contributed by atoms with Crippen LogP contribution in [0.25, 0.3) is 0 Å². The minimum atomic E-state index is -0.415. The Kier molecular flexibility index (Phi) is 5.21. The van der Waals surface area contributed by atoms with Crippen molar-refractivity contribution in [2.45, 2.75) is 20.0 Å². The molecular formula is C24H23FN2O2. The number of amides is 1. The van der Waals surface area contributed by atoms with Crippen LogP contribution in [0.2, 0.25) is 0 Å². The number of ether oxygens (including phenoxy) is 1. The second-order valence-corrected chi connectivity index (χ2v) is 7.52. The molecule has 1 aliphatic heterocycles. The maximum Gasteiger partial charge on any atom is 0.262 e. The van der Waals surface area contributed by atoms with Gasteiger partial charge in [0.1, 0.15) is 17.7 Å². The summed E-state index contributed by atoms with van der Waals surface area (Å²) in [5.41, 5.74) is 2.91. The number of benzene rings is 3. The molecule has 4 rings (SSSR count). The third-order valence-electron chi connectivity index (χ3n) is 4.81. The van der Waals surface area contributed by atoms with Gasteiger partial charge in [0.25, 0.3) is 5.91 Å². The lowest BCUT2D eigenvalue weighted by atomic mass is 10.0. The third-order valence-corrected chi connectivity index (χ3v) is 4.81. The minimum Gasteiger partial charge on any atom is -0.493 e. The van der Waals surface area contributed by atoms with Crippen LogP contribution < -0.4 is 15.0 Å². The number of carbonyl (C=O) groups is 1. The minimum absolute atomic E-state index is 0.129. The van der Waals surface area contributed by atoms with E-state index in [0.29, 0.717) is 23.8 Å². The number of carbonyl (C=O) groups excluding carboxylic acids is 1. The molecule has 0 saturated carbocycles. The number of nitrogens with one attached hydrogen (secondary N) is 1. The Morgan fingerprint density at radius 2 is 1.69 bits per heavy atom. The van der Waals surface area contributed by atoms with Gasteiger partial charge in [0.2, 0.25) is 0 Å². The number of anilines is 2. The van der Waals surface area contributed by atoms with E-state index in [1.807, 2.05) is 42.5 Å². The standard InChI is InChI=1S/C24H23FN2O2/c1-16(2)15-29-20-13-7-17(8-14-20)23-26-22-6-4-3-5-21(22)24(28)27(23)19-11-9-18(25)10-12-19/h3-14,16,23,26H,15H2,1-2H3. The average molecular weight is 390 g/mol. The van der Waals surface area contributed by atoms with Crippen molar-refractivity contribution >= 4 is 17.3 Å². The van der Waals surface area contributed by atoms with E-state index in [4.69, 9.17) is 4.74 Å². The fourth-order valence-electron chi connectivity index (χ4n) is 3.36. The third kappa shape index (κ3) is 3.94. The van der Waals surface area contributed by atoms with Crippen molar-refractivity contribution in [2.75, 3.05) is 16.8 Å². The van der Waals surface area contributed by atoms with Gasteiger partial charge in [-0.2, -0.15) is 0 Å². The quantitative estimate of drug-likeness (QED) is 0.614. The highest BCUT2D eigenvalue weighted by Gasteiger charge is 2.33. The molecular weight excluding hydrogens is 367 g/mol. The Balaban J connectivity index is 1.71. The lowest BCUT2D eigenvalue weighted by molar-refractivity contribution is 0.0975. The van der Waals surface area contributed by atoms with E-state index >= 15 is 0 Å². The molecule has 148 valence electrons. The summed E-state index contributed by atoms with van der Waals surface area (Å²) in [5, 5.41) is 3.45. The molecule has 3 aromatic rings. The lowest BCUT2D eigenvalue weighted by Gasteiger charge is -2.38. The normalized spacial score (nSPS) is 15.8. The number of hydrogen-bond donors (Lipinski definition) is 1. The van der Waals surface area contributed by atoms with Gasteiger partial charge in [0.05, 0.1) is 12.2 Å². The predicted octanol–water partition coefficient (Wildman–Crippen LogP) is 5.63. The number of fused-ring (bicyclic) bond motifs is 1. The van der Waals surface area contributed by atoms with Crippen molar-refractivity contribution in [3.8, 4) is 5.75 Å². The maximum absolute atomic E-state index is 13.5. The zero-order chi connectivity index (χ0) is 20.4. The van der Waals surface area contributed by atoms with E-state index in [-0.39, 0.29) is 11.7 Å². The zero-order valence-corrected chi connectivity index (χ0v) is 16.4. The molecule has 0 saturated heterocycles. The summed E-state index contributed by atoms with van der Waals surface area (Å²) in [6.07, 6.45) is -0.415. The SMILES string of the molecule is CC(C)COc1ccc(C2Nc3ccccc3C(=O)N2c2ccc(F)cc2)cc1. The molecule has 1 aliphatic rings. The summed E-state index contributed by atoms with van der Waals surface area (Å²) < 4.78 is 19.2. The van der Waals surface area contributed by atoms with Crippen LogP contribution >= 0.6 is 0 Å². The summed E-state index contributed by atoms with van der Waals surface area (Å²) >= 11 is 0. The van der Waals surface area contributed by atoms with Gasteiger partial charge >= 0.3 is 0 Å². The summed E-state index contributed by atoms with van der Waals surface area (Å²) in [6.45, 7) is 4.85. The molecule has 1 N–H and O–H groups in total. The summed E-state index contributed by atoms with van der Waals surface area (Å²) in [6, 6.07) is 21.1. The Bertz CT molecular complexity index is 1000. The molecule has 0 spiro atoms. The molecule has 3 aromatic carbocycles. The van der Waals surface area contributed by atoms with E-state index < -0.39 is 6.17 Å². The van der Waals surface area contributed by atoms with E-state index in [2.05, 4.69) is 19.2 Å². The van der Waals surface area contributed by atoms with Crippen LogP contribution in [0.1, 0.15) is 35.9 Å². The average Bonchev–Trinajstić information content (AvgIpc) is 2.73. The van der Waals surface area contributed by atoms with Crippen LogP contribution in [0, 0.1) is 11.7 Å². The highest BCUT2D eigenvalue weighted by atomic mass is 19.1. The van der Waals surface area contributed by atoms with E-state index in [0.717, 1.165) is 17.0 Å². The molecule has 0 aromatic heterocycles. The number of hydrogen-bond acceptors (Lipinski definition) is 3. The molecule has 1 amide bonds. The fourth-order valence-corrected chi connectivity index (χ4v) is 3.36. The van der Waals surface area contributed by atoms with Crippen molar-refractivity contribution in [1.29, 1.82) is 0 Å². The maximum atomic E-state index is 13.5. The highest BCUT2D eigenvalue weighted by molar-refractivity contribution is 6.12. The lowest BCUT2D eigenvalue weighted by Crippen LogP contribution is -2.43. The first-order chi connectivity index (χ1) is 14.0. The van der Waals surface area contributed by atoms with Gasteiger partial charge in [0.15, 0.2) is 0 Å². The molecule has 0 bridgehead atoms. The van der Waals surface area contributed by atoms with Gasteiger partial charge in [-0.05, 0) is 60.0 Å². The largest absolute Gasteiger partial charge is 0.493 e. The Morgan fingerprint density at radius 1 is 1.00 bits per heavy atom. The number of para-hydroxylation sites is 1. The smallest absolute Gasteiger partial charge is 0.262 e. The topological polar surface area (TPSA) is 41.6 Å². The molecule has 0 radical (unpaired) electrons. The van der Waals surface area contributed by atoms with Crippen molar-refractivity contribution < 1.29 is 13.9 Å². The molecule has 5 heteroatoms. The van der Waals surface area contributed by atoms with E-state index in [9.17, 15) is 9.18 Å². The first-order valence-corrected chi connectivity index (χ1v) is 9.70. The Labute approximate surface area is 169 Å². The molecule has 4 nitrogen and oxygen atoms in total. The van der Waals surface area contributed by atoms with Gasteiger partial charge in [-0.15, -0.1) is 0 Å². The first kappa shape index (κ1) is 19.0. The molecule has 0 fully saturated rings. The summed E-state index contributed by atoms with van der Waals surface area (Å²) in [4.78, 5) is 15.0. The van der Waals surface area contributed by atoms with Crippen LogP contribution in [0.15, 0.2) is 72.8 Å². The van der Waals surface area contributed by atoms with Gasteiger partial charge in [-0.3, -0.25) is 9.69 Å². The highest BCUT2D eigenvalue weighted by Crippen LogP contribution is 2.37.